The van der Waals surface area contributed by atoms with E-state index < -0.39 is 5.97 Å². The Bertz CT molecular complexity index is 343. The summed E-state index contributed by atoms with van der Waals surface area (Å²) in [5.41, 5.74) is 0. The maximum Gasteiger partial charge on any atom is 0.315 e. The summed E-state index contributed by atoms with van der Waals surface area (Å²) in [7, 11) is 2.07. The molecule has 6 heteroatoms. The van der Waals surface area contributed by atoms with Crippen LogP contribution in [0.5, 0.6) is 0 Å². The quantitative estimate of drug-likeness (QED) is 0.627. The van der Waals surface area contributed by atoms with Crippen LogP contribution in [0.3, 0.4) is 0 Å². The highest BCUT2D eigenvalue weighted by Gasteiger charge is 2.29. The number of likely N-dealkylation sites (N-methyl/N-ethyl adjacent to an activating group) is 1. The molecule has 0 aliphatic heterocycles. The van der Waals surface area contributed by atoms with Gasteiger partial charge in [-0.05, 0) is 32.7 Å². The lowest BCUT2D eigenvalue weighted by atomic mass is 10.0. The van der Waals surface area contributed by atoms with Crippen LogP contribution in [0.25, 0.3) is 0 Å². The molecule has 3 N–H and O–H groups in total. The van der Waals surface area contributed by atoms with Crippen molar-refractivity contribution in [1.82, 2.24) is 15.5 Å². The zero-order valence-corrected chi connectivity index (χ0v) is 12.8. The van der Waals surface area contributed by atoms with Crippen molar-refractivity contribution < 1.29 is 14.7 Å². The first kappa shape index (κ1) is 16.8. The molecule has 20 heavy (non-hydrogen) atoms. The van der Waals surface area contributed by atoms with Gasteiger partial charge < -0.3 is 15.7 Å². The monoisotopic (exact) mass is 285 g/mol. The lowest BCUT2D eigenvalue weighted by Gasteiger charge is -2.26. The number of nitrogens with one attached hydrogen (secondary N) is 2. The summed E-state index contributed by atoms with van der Waals surface area (Å²) in [5.74, 6) is -0.811. The second kappa shape index (κ2) is 7.47. The van der Waals surface area contributed by atoms with Crippen molar-refractivity contribution in [3.8, 4) is 0 Å². The molecule has 6 nitrogen and oxygen atoms in total. The Morgan fingerprint density at radius 2 is 1.90 bits per heavy atom. The van der Waals surface area contributed by atoms with Crippen LogP contribution in [-0.4, -0.2) is 53.7 Å². The Hall–Kier alpha value is -1.30. The van der Waals surface area contributed by atoms with Gasteiger partial charge in [-0.15, -0.1) is 0 Å². The summed E-state index contributed by atoms with van der Waals surface area (Å²) in [6, 6.07) is 0.306. The van der Waals surface area contributed by atoms with E-state index in [1.54, 1.807) is 0 Å². The first-order valence-electron chi connectivity index (χ1n) is 7.29. The fourth-order valence-electron chi connectivity index (χ4n) is 2.09. The predicted molar refractivity (Wildman–Crippen MR) is 77.7 cm³/mol. The number of carboxylic acid groups (broad SMARTS) is 1. The van der Waals surface area contributed by atoms with Gasteiger partial charge in [0.1, 0.15) is 0 Å². The van der Waals surface area contributed by atoms with E-state index in [0.29, 0.717) is 12.6 Å². The molecule has 2 unspecified atom stereocenters. The largest absolute Gasteiger partial charge is 0.481 e. The molecular weight excluding hydrogens is 258 g/mol. The first-order valence-corrected chi connectivity index (χ1v) is 7.29. The normalized spacial score (nSPS) is 17.9. The highest BCUT2D eigenvalue weighted by Crippen LogP contribution is 2.26. The second-order valence-corrected chi connectivity index (χ2v) is 6.05. The Morgan fingerprint density at radius 3 is 2.35 bits per heavy atom. The molecule has 1 rings (SSSR count). The highest BCUT2D eigenvalue weighted by atomic mass is 16.4. The van der Waals surface area contributed by atoms with Crippen LogP contribution in [0.1, 0.15) is 40.0 Å². The highest BCUT2D eigenvalue weighted by molar-refractivity contribution is 5.75. The predicted octanol–water partition coefficient (Wildman–Crippen LogP) is 1.27. The van der Waals surface area contributed by atoms with Crippen LogP contribution in [0.15, 0.2) is 0 Å². The van der Waals surface area contributed by atoms with E-state index in [1.165, 1.54) is 12.8 Å². The van der Waals surface area contributed by atoms with Crippen molar-refractivity contribution in [2.24, 2.45) is 5.92 Å². The van der Waals surface area contributed by atoms with Crippen molar-refractivity contribution in [2.45, 2.75) is 58.2 Å². The van der Waals surface area contributed by atoms with E-state index >= 15 is 0 Å². The van der Waals surface area contributed by atoms with Gasteiger partial charge in [-0.1, -0.05) is 13.8 Å². The summed E-state index contributed by atoms with van der Waals surface area (Å²) in [6.07, 6.45) is 2.42. The molecule has 1 aliphatic rings. The molecule has 0 heterocycles. The van der Waals surface area contributed by atoms with E-state index in [4.69, 9.17) is 5.11 Å². The lowest BCUT2D eigenvalue weighted by molar-refractivity contribution is -0.137. The van der Waals surface area contributed by atoms with Crippen LogP contribution >= 0.6 is 0 Å². The number of carbonyl (C=O) groups is 2. The second-order valence-electron chi connectivity index (χ2n) is 6.05. The number of nitrogens with zero attached hydrogens (tertiary/aromatic N) is 1. The average molecular weight is 285 g/mol. The van der Waals surface area contributed by atoms with E-state index in [9.17, 15) is 9.59 Å². The number of urea groups is 1. The molecule has 1 aliphatic carbocycles. The first-order chi connectivity index (χ1) is 9.31. The third-order valence-electron chi connectivity index (χ3n) is 3.89. The molecule has 2 atom stereocenters. The number of amides is 2. The fourth-order valence-corrected chi connectivity index (χ4v) is 2.09. The third-order valence-corrected chi connectivity index (χ3v) is 3.89. The number of carboxylic acids is 1. The fraction of sp³-hybridized carbons (Fsp3) is 0.857. The van der Waals surface area contributed by atoms with Gasteiger partial charge in [0.15, 0.2) is 0 Å². The summed E-state index contributed by atoms with van der Waals surface area (Å²) in [4.78, 5) is 24.8. The van der Waals surface area contributed by atoms with Gasteiger partial charge in [0, 0.05) is 24.7 Å². The summed E-state index contributed by atoms with van der Waals surface area (Å²) < 4.78 is 0. The number of carbonyl (C=O) groups excluding carboxylic acids is 1. The van der Waals surface area contributed by atoms with Gasteiger partial charge in [0.2, 0.25) is 0 Å². The molecule has 1 fully saturated rings. The van der Waals surface area contributed by atoms with Gasteiger partial charge in [-0.3, -0.25) is 9.69 Å². The molecule has 0 aromatic heterocycles. The van der Waals surface area contributed by atoms with Crippen molar-refractivity contribution in [2.75, 3.05) is 13.6 Å². The van der Waals surface area contributed by atoms with E-state index in [0.717, 1.165) is 0 Å². The van der Waals surface area contributed by atoms with Gasteiger partial charge >= 0.3 is 12.0 Å². The summed E-state index contributed by atoms with van der Waals surface area (Å²) >= 11 is 0. The van der Waals surface area contributed by atoms with E-state index in [-0.39, 0.29) is 30.5 Å². The zero-order chi connectivity index (χ0) is 15.3. The van der Waals surface area contributed by atoms with Gasteiger partial charge in [-0.25, -0.2) is 4.79 Å². The molecule has 1 saturated carbocycles. The number of hydrogen-bond acceptors (Lipinski definition) is 3. The van der Waals surface area contributed by atoms with Crippen molar-refractivity contribution in [3.63, 3.8) is 0 Å². The molecular formula is C14H27N3O3. The maximum atomic E-state index is 11.8. The standard InChI is InChI=1S/C14H27N3O3/c1-9(2)12(7-13(18)19)16-14(20)15-8-10(3)17(4)11-5-6-11/h9-12H,5-8H2,1-4H3,(H,18,19)(H2,15,16,20). The number of hydrogen-bond donors (Lipinski definition) is 3. The van der Waals surface area contributed by atoms with E-state index in [2.05, 4.69) is 29.5 Å². The molecule has 0 radical (unpaired) electrons. The molecule has 0 aromatic carbocycles. The molecule has 0 bridgehead atoms. The van der Waals surface area contributed by atoms with Gasteiger partial charge in [0.05, 0.1) is 6.42 Å². The SMILES string of the molecule is CC(C)C(CC(=O)O)NC(=O)NCC(C)N(C)C1CC1. The maximum absolute atomic E-state index is 11.8. The average Bonchev–Trinajstić information content (AvgIpc) is 3.17. The third kappa shape index (κ3) is 5.77. The summed E-state index contributed by atoms with van der Waals surface area (Å²) in [5, 5.41) is 14.4. The number of rotatable bonds is 8. The molecule has 2 amide bonds. The molecule has 116 valence electrons. The Kier molecular flexibility index (Phi) is 6.26. The number of aliphatic carboxylic acids is 1. The Labute approximate surface area is 120 Å². The molecule has 0 saturated heterocycles. The molecule has 0 aromatic rings. The van der Waals surface area contributed by atoms with Crippen LogP contribution in [0.2, 0.25) is 0 Å². The Balaban J connectivity index is 2.31. The van der Waals surface area contributed by atoms with Crippen LogP contribution in [0, 0.1) is 5.92 Å². The topological polar surface area (TPSA) is 81.7 Å². The molecule has 0 spiro atoms. The van der Waals surface area contributed by atoms with Crippen molar-refractivity contribution >= 4 is 12.0 Å². The Morgan fingerprint density at radius 1 is 1.30 bits per heavy atom. The summed E-state index contributed by atoms with van der Waals surface area (Å²) in [6.45, 7) is 6.45. The lowest BCUT2D eigenvalue weighted by Crippen LogP contribution is -2.49. The van der Waals surface area contributed by atoms with Crippen LogP contribution in [0.4, 0.5) is 4.79 Å². The van der Waals surface area contributed by atoms with Gasteiger partial charge in [-0.2, -0.15) is 0 Å². The van der Waals surface area contributed by atoms with Crippen molar-refractivity contribution in [3.05, 3.63) is 0 Å². The van der Waals surface area contributed by atoms with E-state index in [1.807, 2.05) is 13.8 Å². The van der Waals surface area contributed by atoms with Gasteiger partial charge in [0.25, 0.3) is 0 Å². The van der Waals surface area contributed by atoms with Crippen molar-refractivity contribution in [1.29, 1.82) is 0 Å². The zero-order valence-electron chi connectivity index (χ0n) is 12.8. The minimum Gasteiger partial charge on any atom is -0.481 e. The van der Waals surface area contributed by atoms with Crippen LogP contribution in [-0.2, 0) is 4.79 Å². The minimum atomic E-state index is -0.897. The minimum absolute atomic E-state index is 0.0530. The van der Waals surface area contributed by atoms with Crippen LogP contribution < -0.4 is 10.6 Å². The smallest absolute Gasteiger partial charge is 0.315 e.